The van der Waals surface area contributed by atoms with Crippen molar-refractivity contribution in [1.29, 1.82) is 0 Å². The third kappa shape index (κ3) is 8.59. The van der Waals surface area contributed by atoms with Crippen LogP contribution in [0.3, 0.4) is 0 Å². The summed E-state index contributed by atoms with van der Waals surface area (Å²) < 4.78 is 39.9. The highest BCUT2D eigenvalue weighted by Crippen LogP contribution is 2.29. The molecule has 0 aliphatic carbocycles. The Balaban J connectivity index is 1.47. The molecule has 1 N–H and O–H groups in total. The van der Waals surface area contributed by atoms with E-state index in [1.807, 2.05) is 31.2 Å². The van der Waals surface area contributed by atoms with Crippen LogP contribution in [0.15, 0.2) is 107 Å². The van der Waals surface area contributed by atoms with Crippen molar-refractivity contribution in [3.63, 3.8) is 0 Å². The highest BCUT2D eigenvalue weighted by atomic mass is 35.5. The molecule has 0 radical (unpaired) electrons. The number of rotatable bonds is 13. The number of nitrogens with zero attached hydrogens (tertiary/aromatic N) is 2. The Morgan fingerprint density at radius 1 is 0.930 bits per heavy atom. The first-order chi connectivity index (χ1) is 20.7. The molecule has 8 nitrogen and oxygen atoms in total. The molecule has 0 saturated heterocycles. The summed E-state index contributed by atoms with van der Waals surface area (Å²) in [7, 11) is -4.02. The van der Waals surface area contributed by atoms with E-state index in [0.717, 1.165) is 15.4 Å². The average molecular weight is 620 g/mol. The Morgan fingerprint density at radius 2 is 1.63 bits per heavy atom. The lowest BCUT2D eigenvalue weighted by Crippen LogP contribution is -2.39. The summed E-state index contributed by atoms with van der Waals surface area (Å²) in [5.74, 6) is 0.759. The van der Waals surface area contributed by atoms with Gasteiger partial charge in [-0.05, 0) is 84.1 Å². The van der Waals surface area contributed by atoms with Crippen molar-refractivity contribution >= 4 is 39.4 Å². The number of amides is 1. The lowest BCUT2D eigenvalue weighted by Gasteiger charge is -2.24. The molecule has 4 rings (SSSR count). The number of anilines is 1. The van der Waals surface area contributed by atoms with Crippen molar-refractivity contribution in [3.05, 3.63) is 119 Å². The Hall–Kier alpha value is -4.34. The summed E-state index contributed by atoms with van der Waals surface area (Å²) in [5.41, 5.74) is 5.49. The van der Waals surface area contributed by atoms with Crippen LogP contribution >= 0.6 is 11.6 Å². The van der Waals surface area contributed by atoms with Gasteiger partial charge in [-0.2, -0.15) is 5.10 Å². The molecule has 0 aliphatic heterocycles. The van der Waals surface area contributed by atoms with Crippen LogP contribution in [0.5, 0.6) is 11.5 Å². The zero-order valence-electron chi connectivity index (χ0n) is 24.2. The Kier molecular flexibility index (Phi) is 10.8. The largest absolute Gasteiger partial charge is 0.490 e. The Labute approximate surface area is 258 Å². The minimum Gasteiger partial charge on any atom is -0.490 e. The maximum atomic E-state index is 13.5. The molecule has 4 aromatic carbocycles. The Bertz CT molecular complexity index is 1640. The monoisotopic (exact) mass is 619 g/mol. The van der Waals surface area contributed by atoms with E-state index in [1.54, 1.807) is 60.7 Å². The van der Waals surface area contributed by atoms with E-state index in [2.05, 4.69) is 24.4 Å². The molecule has 0 saturated carbocycles. The first-order valence-corrected chi connectivity index (χ1v) is 15.6. The SMILES string of the molecule is CCOc1cc(/C=N\NC(=O)CN(c2ccc(C(C)C)cc2)S(=O)(=O)c2ccccc2)ccc1OCc1ccc(Cl)cc1. The van der Waals surface area contributed by atoms with Crippen molar-refractivity contribution in [3.8, 4) is 11.5 Å². The van der Waals surface area contributed by atoms with Gasteiger partial charge >= 0.3 is 0 Å². The van der Waals surface area contributed by atoms with Crippen LogP contribution in [0.1, 0.15) is 43.4 Å². The predicted octanol–water partition coefficient (Wildman–Crippen LogP) is 6.79. The van der Waals surface area contributed by atoms with Crippen molar-refractivity contribution < 1.29 is 22.7 Å². The standard InChI is InChI=1S/C33H34ClN3O5S/c1-4-41-32-20-26(12-19-31(32)42-23-25-10-15-28(34)16-11-25)21-35-36-33(38)22-37(29-17-13-27(14-18-29)24(2)3)43(39,40)30-8-6-5-7-9-30/h5-21,24H,4,22-23H2,1-3H3,(H,36,38)/b35-21-. The van der Waals surface area contributed by atoms with E-state index < -0.39 is 22.5 Å². The van der Waals surface area contributed by atoms with E-state index in [0.29, 0.717) is 41.0 Å². The molecule has 0 aromatic heterocycles. The van der Waals surface area contributed by atoms with Gasteiger partial charge in [-0.3, -0.25) is 9.10 Å². The van der Waals surface area contributed by atoms with Crippen LogP contribution in [0.4, 0.5) is 5.69 Å². The molecule has 0 spiro atoms. The summed E-state index contributed by atoms with van der Waals surface area (Å²) in [6, 6.07) is 27.8. The predicted molar refractivity (Wildman–Crippen MR) is 171 cm³/mol. The molecule has 10 heteroatoms. The second-order valence-corrected chi connectivity index (χ2v) is 12.2. The third-order valence-corrected chi connectivity index (χ3v) is 8.48. The minimum absolute atomic E-state index is 0.0843. The van der Waals surface area contributed by atoms with Gasteiger partial charge in [0.05, 0.1) is 23.4 Å². The highest BCUT2D eigenvalue weighted by Gasteiger charge is 2.27. The summed E-state index contributed by atoms with van der Waals surface area (Å²) >= 11 is 5.96. The lowest BCUT2D eigenvalue weighted by atomic mass is 10.0. The number of sulfonamides is 1. The summed E-state index contributed by atoms with van der Waals surface area (Å²) in [6.07, 6.45) is 1.46. The normalized spacial score (nSPS) is 11.5. The number of benzene rings is 4. The fourth-order valence-corrected chi connectivity index (χ4v) is 5.71. The van der Waals surface area contributed by atoms with Crippen molar-refractivity contribution in [1.82, 2.24) is 5.43 Å². The van der Waals surface area contributed by atoms with Crippen molar-refractivity contribution in [2.45, 2.75) is 38.2 Å². The van der Waals surface area contributed by atoms with Crippen molar-refractivity contribution in [2.24, 2.45) is 5.10 Å². The van der Waals surface area contributed by atoms with Crippen LogP contribution in [-0.4, -0.2) is 33.7 Å². The molecule has 0 bridgehead atoms. The second kappa shape index (κ2) is 14.7. The van der Waals surface area contributed by atoms with E-state index in [9.17, 15) is 13.2 Å². The van der Waals surface area contributed by atoms with Gasteiger partial charge < -0.3 is 9.47 Å². The van der Waals surface area contributed by atoms with E-state index in [1.165, 1.54) is 18.3 Å². The van der Waals surface area contributed by atoms with Crippen LogP contribution in [-0.2, 0) is 21.4 Å². The van der Waals surface area contributed by atoms with Gasteiger partial charge in [0.15, 0.2) is 11.5 Å². The van der Waals surface area contributed by atoms with E-state index in [-0.39, 0.29) is 10.8 Å². The molecule has 0 heterocycles. The molecule has 4 aromatic rings. The third-order valence-electron chi connectivity index (χ3n) is 6.44. The second-order valence-electron chi connectivity index (χ2n) is 9.92. The number of carbonyl (C=O) groups is 1. The van der Waals surface area contributed by atoms with Crippen LogP contribution < -0.4 is 19.2 Å². The molecule has 1 amide bonds. The van der Waals surface area contributed by atoms with Crippen LogP contribution in [0, 0.1) is 0 Å². The summed E-state index contributed by atoms with van der Waals surface area (Å²) in [4.78, 5) is 13.0. The first kappa shape index (κ1) is 31.6. The summed E-state index contributed by atoms with van der Waals surface area (Å²) in [5, 5.41) is 4.71. The molecule has 224 valence electrons. The number of ether oxygens (including phenoxy) is 2. The summed E-state index contributed by atoms with van der Waals surface area (Å²) in [6.45, 7) is 6.28. The molecule has 43 heavy (non-hydrogen) atoms. The van der Waals surface area contributed by atoms with Gasteiger partial charge in [-0.1, -0.05) is 67.9 Å². The number of carbonyl (C=O) groups excluding carboxylic acids is 1. The van der Waals surface area contributed by atoms with Crippen LogP contribution in [0.2, 0.25) is 5.02 Å². The fraction of sp³-hybridized carbons (Fsp3) is 0.212. The minimum atomic E-state index is -4.02. The molecule has 0 fully saturated rings. The lowest BCUT2D eigenvalue weighted by molar-refractivity contribution is -0.119. The van der Waals surface area contributed by atoms with Crippen molar-refractivity contribution in [2.75, 3.05) is 17.5 Å². The van der Waals surface area contributed by atoms with Gasteiger partial charge in [0.2, 0.25) is 0 Å². The maximum Gasteiger partial charge on any atom is 0.264 e. The van der Waals surface area contributed by atoms with Gasteiger partial charge in [0, 0.05) is 5.02 Å². The molecule has 0 unspecified atom stereocenters. The van der Waals surface area contributed by atoms with E-state index >= 15 is 0 Å². The molecular weight excluding hydrogens is 586 g/mol. The van der Waals surface area contributed by atoms with Gasteiger partial charge in [-0.25, -0.2) is 13.8 Å². The van der Waals surface area contributed by atoms with E-state index in [4.69, 9.17) is 21.1 Å². The number of hydrazone groups is 1. The molecule has 0 atom stereocenters. The number of hydrogen-bond acceptors (Lipinski definition) is 6. The molecule has 0 aliphatic rings. The maximum absolute atomic E-state index is 13.5. The van der Waals surface area contributed by atoms with Gasteiger partial charge in [0.25, 0.3) is 15.9 Å². The quantitative estimate of drug-likeness (QED) is 0.131. The highest BCUT2D eigenvalue weighted by molar-refractivity contribution is 7.92. The first-order valence-electron chi connectivity index (χ1n) is 13.8. The smallest absolute Gasteiger partial charge is 0.264 e. The Morgan fingerprint density at radius 3 is 2.28 bits per heavy atom. The van der Waals surface area contributed by atoms with Gasteiger partial charge in [0.1, 0.15) is 13.2 Å². The topological polar surface area (TPSA) is 97.3 Å². The average Bonchev–Trinajstić information content (AvgIpc) is 3.01. The zero-order chi connectivity index (χ0) is 30.8. The molecular formula is C33H34ClN3O5S. The zero-order valence-corrected chi connectivity index (χ0v) is 25.8. The number of hydrogen-bond donors (Lipinski definition) is 1. The van der Waals surface area contributed by atoms with Crippen LogP contribution in [0.25, 0.3) is 0 Å². The number of halogens is 1. The fourth-order valence-electron chi connectivity index (χ4n) is 4.14. The number of nitrogens with one attached hydrogen (secondary N) is 1. The van der Waals surface area contributed by atoms with Gasteiger partial charge in [-0.15, -0.1) is 0 Å².